The Morgan fingerprint density at radius 3 is 2.67 bits per heavy atom. The van der Waals surface area contributed by atoms with Crippen LogP contribution in [0.1, 0.15) is 5.56 Å². The predicted octanol–water partition coefficient (Wildman–Crippen LogP) is 1.27. The van der Waals surface area contributed by atoms with Gasteiger partial charge >= 0.3 is 0 Å². The van der Waals surface area contributed by atoms with Crippen molar-refractivity contribution in [2.75, 3.05) is 7.11 Å². The number of methoxy groups -OCH3 is 1. The molecular formula is C8H10N2OS. The van der Waals surface area contributed by atoms with Gasteiger partial charge in [0.05, 0.1) is 12.7 Å². The third kappa shape index (κ3) is 1.53. The van der Waals surface area contributed by atoms with Gasteiger partial charge < -0.3 is 10.5 Å². The zero-order chi connectivity index (χ0) is 9.14. The van der Waals surface area contributed by atoms with E-state index in [0.717, 1.165) is 0 Å². The van der Waals surface area contributed by atoms with Gasteiger partial charge in [-0.1, -0.05) is 6.07 Å². The first-order valence-electron chi connectivity index (χ1n) is 3.37. The highest BCUT2D eigenvalue weighted by Crippen LogP contribution is 2.23. The summed E-state index contributed by atoms with van der Waals surface area (Å²) in [5, 5.41) is 7.27. The van der Waals surface area contributed by atoms with E-state index in [9.17, 15) is 0 Å². The van der Waals surface area contributed by atoms with Crippen molar-refractivity contribution in [3.05, 3.63) is 23.8 Å². The van der Waals surface area contributed by atoms with Gasteiger partial charge in [-0.05, 0) is 12.1 Å². The summed E-state index contributed by atoms with van der Waals surface area (Å²) in [6.07, 6.45) is 0. The smallest absolute Gasteiger partial charge is 0.130 e. The number of nitrogens with two attached hydrogens (primary N) is 1. The summed E-state index contributed by atoms with van der Waals surface area (Å²) in [6.45, 7) is 0. The minimum Gasteiger partial charge on any atom is -0.496 e. The lowest BCUT2D eigenvalue weighted by Crippen LogP contribution is -2.13. The lowest BCUT2D eigenvalue weighted by Gasteiger charge is -2.08. The number of thiol groups is 1. The Bertz CT molecular complexity index is 312. The topological polar surface area (TPSA) is 59.1 Å². The van der Waals surface area contributed by atoms with Gasteiger partial charge in [0.2, 0.25) is 0 Å². The van der Waals surface area contributed by atoms with E-state index in [0.29, 0.717) is 16.2 Å². The average molecular weight is 182 g/mol. The van der Waals surface area contributed by atoms with Crippen molar-refractivity contribution in [3.8, 4) is 5.75 Å². The standard InChI is InChI=1S/C8H10N2OS/c1-11-5-3-2-4-6(12)7(5)8(9)10/h2-4,12H,1H3,(H3,9,10). The lowest BCUT2D eigenvalue weighted by molar-refractivity contribution is 0.412. The molecule has 1 rings (SSSR count). The number of hydrogen-bond acceptors (Lipinski definition) is 3. The summed E-state index contributed by atoms with van der Waals surface area (Å²) in [6, 6.07) is 5.31. The maximum Gasteiger partial charge on any atom is 0.130 e. The fraction of sp³-hybridized carbons (Fsp3) is 0.125. The van der Waals surface area contributed by atoms with E-state index in [1.54, 1.807) is 18.2 Å². The van der Waals surface area contributed by atoms with Crippen LogP contribution in [0.25, 0.3) is 0 Å². The summed E-state index contributed by atoms with van der Waals surface area (Å²) in [5.74, 6) is 0.549. The monoisotopic (exact) mass is 182 g/mol. The molecule has 0 saturated carbocycles. The third-order valence-electron chi connectivity index (χ3n) is 1.49. The number of nitrogens with one attached hydrogen (secondary N) is 1. The highest BCUT2D eigenvalue weighted by atomic mass is 32.1. The molecule has 0 saturated heterocycles. The molecule has 0 fully saturated rings. The SMILES string of the molecule is COc1cccc(S)c1C(=N)N. The third-order valence-corrected chi connectivity index (χ3v) is 1.87. The highest BCUT2D eigenvalue weighted by molar-refractivity contribution is 7.80. The highest BCUT2D eigenvalue weighted by Gasteiger charge is 2.08. The molecule has 12 heavy (non-hydrogen) atoms. The molecule has 0 radical (unpaired) electrons. The van der Waals surface area contributed by atoms with Crippen molar-refractivity contribution < 1.29 is 4.74 Å². The molecule has 4 heteroatoms. The van der Waals surface area contributed by atoms with E-state index in [1.807, 2.05) is 0 Å². The molecule has 64 valence electrons. The van der Waals surface area contributed by atoms with Crippen molar-refractivity contribution in [2.45, 2.75) is 4.90 Å². The number of rotatable bonds is 2. The van der Waals surface area contributed by atoms with Crippen molar-refractivity contribution in [2.24, 2.45) is 5.73 Å². The second-order valence-corrected chi connectivity index (χ2v) is 2.75. The van der Waals surface area contributed by atoms with E-state index in [2.05, 4.69) is 12.6 Å². The zero-order valence-electron chi connectivity index (χ0n) is 6.66. The minimum atomic E-state index is -0.0301. The summed E-state index contributed by atoms with van der Waals surface area (Å²) >= 11 is 4.16. The van der Waals surface area contributed by atoms with E-state index in [4.69, 9.17) is 15.9 Å². The minimum absolute atomic E-state index is 0.0301. The van der Waals surface area contributed by atoms with Crippen molar-refractivity contribution >= 4 is 18.5 Å². The van der Waals surface area contributed by atoms with Crippen LogP contribution >= 0.6 is 12.6 Å². The number of benzene rings is 1. The molecule has 3 nitrogen and oxygen atoms in total. The molecular weight excluding hydrogens is 172 g/mol. The summed E-state index contributed by atoms with van der Waals surface area (Å²) in [7, 11) is 1.54. The second-order valence-electron chi connectivity index (χ2n) is 2.27. The van der Waals surface area contributed by atoms with Gasteiger partial charge in [0.15, 0.2) is 0 Å². The van der Waals surface area contributed by atoms with Gasteiger partial charge in [-0.2, -0.15) is 0 Å². The maximum absolute atomic E-state index is 7.27. The van der Waals surface area contributed by atoms with Crippen LogP contribution in [0.3, 0.4) is 0 Å². The van der Waals surface area contributed by atoms with E-state index >= 15 is 0 Å². The first-order valence-corrected chi connectivity index (χ1v) is 3.82. The summed E-state index contributed by atoms with van der Waals surface area (Å²) in [4.78, 5) is 0.654. The predicted molar refractivity (Wildman–Crippen MR) is 51.3 cm³/mol. The first-order chi connectivity index (χ1) is 5.66. The van der Waals surface area contributed by atoms with E-state index < -0.39 is 0 Å². The molecule has 1 aromatic rings. The van der Waals surface area contributed by atoms with Gasteiger partial charge in [-0.25, -0.2) is 0 Å². The molecule has 0 bridgehead atoms. The molecule has 0 spiro atoms. The Hall–Kier alpha value is -1.16. The second kappa shape index (κ2) is 3.49. The van der Waals surface area contributed by atoms with Crippen molar-refractivity contribution in [3.63, 3.8) is 0 Å². The van der Waals surface area contributed by atoms with Gasteiger partial charge in [0, 0.05) is 4.90 Å². The zero-order valence-corrected chi connectivity index (χ0v) is 7.56. The van der Waals surface area contributed by atoms with E-state index in [1.165, 1.54) is 7.11 Å². The molecule has 0 aliphatic heterocycles. The first kappa shape index (κ1) is 8.93. The Morgan fingerprint density at radius 2 is 2.25 bits per heavy atom. The van der Waals surface area contributed by atoms with Crippen LogP contribution in [0.2, 0.25) is 0 Å². The van der Waals surface area contributed by atoms with Crippen LogP contribution in [-0.4, -0.2) is 12.9 Å². The van der Waals surface area contributed by atoms with Gasteiger partial charge in [-0.3, -0.25) is 5.41 Å². The van der Waals surface area contributed by atoms with Gasteiger partial charge in [0.25, 0.3) is 0 Å². The van der Waals surface area contributed by atoms with Crippen LogP contribution in [-0.2, 0) is 0 Å². The molecule has 0 amide bonds. The molecule has 3 N–H and O–H groups in total. The summed E-state index contributed by atoms with van der Waals surface area (Å²) < 4.78 is 5.02. The molecule has 0 aliphatic carbocycles. The molecule has 0 atom stereocenters. The fourth-order valence-electron chi connectivity index (χ4n) is 0.960. The largest absolute Gasteiger partial charge is 0.496 e. The number of nitrogen functional groups attached to an aromatic ring is 1. The van der Waals surface area contributed by atoms with Crippen LogP contribution in [0.5, 0.6) is 5.75 Å². The number of hydrogen-bond donors (Lipinski definition) is 3. The fourth-order valence-corrected chi connectivity index (χ4v) is 1.28. The molecule has 0 aromatic heterocycles. The van der Waals surface area contributed by atoms with Crippen molar-refractivity contribution in [1.29, 1.82) is 5.41 Å². The maximum atomic E-state index is 7.27. The Kier molecular flexibility index (Phi) is 2.60. The normalized spacial score (nSPS) is 9.50. The molecule has 0 aliphatic rings. The molecule has 0 heterocycles. The molecule has 0 unspecified atom stereocenters. The average Bonchev–Trinajstić information content (AvgIpc) is 2.03. The summed E-state index contributed by atoms with van der Waals surface area (Å²) in [5.41, 5.74) is 5.89. The van der Waals surface area contributed by atoms with Gasteiger partial charge in [0.1, 0.15) is 11.6 Å². The van der Waals surface area contributed by atoms with E-state index in [-0.39, 0.29) is 5.84 Å². The van der Waals surface area contributed by atoms with Crippen LogP contribution < -0.4 is 10.5 Å². The molecule has 1 aromatic carbocycles. The Balaban J connectivity index is 3.29. The number of ether oxygens (including phenoxy) is 1. The van der Waals surface area contributed by atoms with Crippen LogP contribution in [0, 0.1) is 5.41 Å². The quantitative estimate of drug-likeness (QED) is 0.366. The lowest BCUT2D eigenvalue weighted by atomic mass is 10.2. The Labute approximate surface area is 76.5 Å². The van der Waals surface area contributed by atoms with Crippen molar-refractivity contribution in [1.82, 2.24) is 0 Å². The van der Waals surface area contributed by atoms with Gasteiger partial charge in [-0.15, -0.1) is 12.6 Å². The van der Waals surface area contributed by atoms with Crippen LogP contribution in [0.4, 0.5) is 0 Å². The van der Waals surface area contributed by atoms with Crippen LogP contribution in [0.15, 0.2) is 23.1 Å². The Morgan fingerprint density at radius 1 is 1.58 bits per heavy atom. The number of amidine groups is 1.